The molecule has 3 aliphatic carbocycles. The van der Waals surface area contributed by atoms with Gasteiger partial charge in [-0.05, 0) is 92.2 Å². The highest BCUT2D eigenvalue weighted by Crippen LogP contribution is 2.62. The van der Waals surface area contributed by atoms with Crippen LogP contribution in [0.3, 0.4) is 0 Å². The van der Waals surface area contributed by atoms with E-state index in [1.54, 1.807) is 24.3 Å². The number of non-ortho nitro benzene ring substituents is 1. The predicted molar refractivity (Wildman–Crippen MR) is 224 cm³/mol. The summed E-state index contributed by atoms with van der Waals surface area (Å²) in [6, 6.07) is 21.1. The molecule has 1 aliphatic heterocycles. The van der Waals surface area contributed by atoms with Gasteiger partial charge in [-0.1, -0.05) is 73.5 Å². The van der Waals surface area contributed by atoms with Crippen LogP contribution in [0.25, 0.3) is 0 Å². The minimum Gasteiger partial charge on any atom is -0.459 e. The summed E-state index contributed by atoms with van der Waals surface area (Å²) in [7, 11) is 0. The van der Waals surface area contributed by atoms with Crippen LogP contribution >= 0.6 is 0 Å². The van der Waals surface area contributed by atoms with Crippen molar-refractivity contribution in [1.29, 1.82) is 0 Å². The van der Waals surface area contributed by atoms with E-state index in [4.69, 9.17) is 24.2 Å². The average Bonchev–Trinajstić information content (AvgIpc) is 4.10. The van der Waals surface area contributed by atoms with Crippen molar-refractivity contribution in [3.05, 3.63) is 118 Å². The monoisotopic (exact) mass is 807 g/mol. The van der Waals surface area contributed by atoms with Gasteiger partial charge in [-0.3, -0.25) is 14.9 Å². The molecule has 4 aliphatic rings. The van der Waals surface area contributed by atoms with Crippen molar-refractivity contribution in [2.24, 2.45) is 28.8 Å². The van der Waals surface area contributed by atoms with Gasteiger partial charge in [-0.25, -0.2) is 0 Å². The van der Waals surface area contributed by atoms with E-state index in [1.165, 1.54) is 12.1 Å². The molecule has 2 N–H and O–H groups in total. The standard InChI is InChI=1S/C47H57N3O9/c1-3-23-49(46(53)33-19-20-33)43-30-41(48-57-31-32-13-6-5-7-14-32)39-27-34(15-8-10-24-51)38(18-9-11-25-52)44-40-29-37(58-36-17-12-16-35(28-36)50(54)55)21-22-42(40)59-47(43,45(39)44)56-26-4-2/h4-7,12-14,16-17,21-22,27-29,33-34,38,43-45,51-52H,2-3,8-11,15,18-20,23-26,30-31H2,1H3. The highest BCUT2D eigenvalue weighted by atomic mass is 16.7. The Morgan fingerprint density at radius 1 is 1.02 bits per heavy atom. The van der Waals surface area contributed by atoms with Gasteiger partial charge in [0.2, 0.25) is 11.7 Å². The molecule has 0 aromatic heterocycles. The molecule has 314 valence electrons. The number of nitrogens with zero attached hydrogens (tertiary/aromatic N) is 3. The number of nitro benzene ring substituents is 1. The Hall–Kier alpha value is -5.04. The van der Waals surface area contributed by atoms with Crippen LogP contribution in [0.1, 0.15) is 88.2 Å². The first-order chi connectivity index (χ1) is 28.8. The van der Waals surface area contributed by atoms with Gasteiger partial charge in [0.15, 0.2) is 0 Å². The number of rotatable bonds is 21. The van der Waals surface area contributed by atoms with E-state index in [1.807, 2.05) is 47.4 Å². The number of hydrogen-bond acceptors (Lipinski definition) is 10. The summed E-state index contributed by atoms with van der Waals surface area (Å²) in [5, 5.41) is 36.4. The van der Waals surface area contributed by atoms with Gasteiger partial charge in [0, 0.05) is 49.6 Å². The molecule has 1 heterocycles. The van der Waals surface area contributed by atoms with Crippen LogP contribution in [0.4, 0.5) is 5.69 Å². The Morgan fingerprint density at radius 3 is 2.49 bits per heavy atom. The number of benzene rings is 3. The molecule has 12 nitrogen and oxygen atoms in total. The van der Waals surface area contributed by atoms with Crippen LogP contribution in [0.5, 0.6) is 17.2 Å². The zero-order valence-corrected chi connectivity index (χ0v) is 34.0. The summed E-state index contributed by atoms with van der Waals surface area (Å²) in [6.07, 6.45) is 11.4. The second-order valence-electron chi connectivity index (χ2n) is 16.2. The second-order valence-corrected chi connectivity index (χ2v) is 16.2. The third kappa shape index (κ3) is 9.25. The molecule has 6 unspecified atom stereocenters. The number of aliphatic hydroxyl groups is 2. The van der Waals surface area contributed by atoms with Crippen LogP contribution in [0.2, 0.25) is 0 Å². The van der Waals surface area contributed by atoms with Crippen LogP contribution in [0.15, 0.2) is 102 Å². The number of hydrogen-bond donors (Lipinski definition) is 2. The van der Waals surface area contributed by atoms with E-state index >= 15 is 0 Å². The number of amides is 1. The number of unbranched alkanes of at least 4 members (excludes halogenated alkanes) is 2. The molecule has 2 saturated carbocycles. The van der Waals surface area contributed by atoms with Crippen molar-refractivity contribution >= 4 is 17.3 Å². The molecule has 59 heavy (non-hydrogen) atoms. The molecule has 0 bridgehead atoms. The van der Waals surface area contributed by atoms with Gasteiger partial charge in [-0.15, -0.1) is 6.58 Å². The molecule has 7 rings (SSSR count). The van der Waals surface area contributed by atoms with Gasteiger partial charge < -0.3 is 34.2 Å². The molecular weight excluding hydrogens is 751 g/mol. The maximum Gasteiger partial charge on any atom is 0.273 e. The summed E-state index contributed by atoms with van der Waals surface area (Å²) in [6.45, 7) is 7.25. The van der Waals surface area contributed by atoms with E-state index < -0.39 is 22.7 Å². The first kappa shape index (κ1) is 42.1. The largest absolute Gasteiger partial charge is 0.459 e. The number of carbonyl (C=O) groups is 1. The first-order valence-electron chi connectivity index (χ1n) is 21.3. The number of fused-ring (bicyclic) bond motifs is 2. The molecule has 2 fully saturated rings. The number of oxime groups is 1. The quantitative estimate of drug-likeness (QED) is 0.0465. The topological polar surface area (TPSA) is 153 Å². The number of aliphatic hydroxyl groups excluding tert-OH is 2. The third-order valence-corrected chi connectivity index (χ3v) is 12.2. The Labute approximate surface area is 346 Å². The highest BCUT2D eigenvalue weighted by molar-refractivity contribution is 6.03. The molecular formula is C47H57N3O9. The van der Waals surface area contributed by atoms with Crippen molar-refractivity contribution in [2.45, 2.75) is 95.5 Å². The summed E-state index contributed by atoms with van der Waals surface area (Å²) in [5.74, 6) is -0.388. The van der Waals surface area contributed by atoms with Gasteiger partial charge in [0.1, 0.15) is 29.9 Å². The summed E-state index contributed by atoms with van der Waals surface area (Å²) in [4.78, 5) is 33.8. The zero-order valence-electron chi connectivity index (χ0n) is 34.0. The molecule has 0 radical (unpaired) electrons. The summed E-state index contributed by atoms with van der Waals surface area (Å²) < 4.78 is 20.7. The smallest absolute Gasteiger partial charge is 0.273 e. The van der Waals surface area contributed by atoms with Gasteiger partial charge >= 0.3 is 0 Å². The van der Waals surface area contributed by atoms with E-state index in [2.05, 4.69) is 19.6 Å². The number of carbonyl (C=O) groups excluding carboxylic acids is 1. The maximum absolute atomic E-state index is 14.4. The maximum atomic E-state index is 14.4. The van der Waals surface area contributed by atoms with Crippen molar-refractivity contribution in [3.63, 3.8) is 0 Å². The molecule has 6 atom stereocenters. The van der Waals surface area contributed by atoms with Crippen molar-refractivity contribution < 1.29 is 39.0 Å². The van der Waals surface area contributed by atoms with Crippen LogP contribution < -0.4 is 9.47 Å². The Kier molecular flexibility index (Phi) is 13.8. The van der Waals surface area contributed by atoms with Crippen molar-refractivity contribution in [3.8, 4) is 17.2 Å². The number of allylic oxidation sites excluding steroid dienone is 1. The number of nitro groups is 1. The minimum atomic E-state index is -1.33. The molecule has 1 amide bonds. The average molecular weight is 808 g/mol. The van der Waals surface area contributed by atoms with E-state index in [0.717, 1.165) is 67.4 Å². The Morgan fingerprint density at radius 2 is 1.78 bits per heavy atom. The molecule has 0 spiro atoms. The van der Waals surface area contributed by atoms with Crippen molar-refractivity contribution in [1.82, 2.24) is 4.90 Å². The van der Waals surface area contributed by atoms with Crippen molar-refractivity contribution in [2.75, 3.05) is 26.4 Å². The highest BCUT2D eigenvalue weighted by Gasteiger charge is 2.65. The normalized spacial score (nSPS) is 24.9. The zero-order chi connectivity index (χ0) is 41.4. The van der Waals surface area contributed by atoms with Gasteiger partial charge in [0.25, 0.3) is 5.69 Å². The minimum absolute atomic E-state index is 0.0420. The molecule has 3 aromatic carbocycles. The summed E-state index contributed by atoms with van der Waals surface area (Å²) >= 11 is 0. The predicted octanol–water partition coefficient (Wildman–Crippen LogP) is 8.87. The fourth-order valence-corrected chi connectivity index (χ4v) is 9.49. The lowest BCUT2D eigenvalue weighted by molar-refractivity contribution is -0.384. The van der Waals surface area contributed by atoms with E-state index in [-0.39, 0.29) is 61.7 Å². The lowest BCUT2D eigenvalue weighted by atomic mass is 9.55. The first-order valence-corrected chi connectivity index (χ1v) is 21.3. The van der Waals surface area contributed by atoms with Gasteiger partial charge in [0.05, 0.1) is 29.2 Å². The SMILES string of the molecule is C=CCOC12Oc3ccc(Oc4cccc([N+](=O)[O-])c4)cc3C3C(CCCCO)C(CCCCO)C=C(C(=NOCc4ccccc4)CC1N(CCC)C(=O)C1CC1)C32. The molecule has 3 aromatic rings. The van der Waals surface area contributed by atoms with Crippen LogP contribution in [0, 0.1) is 33.8 Å². The van der Waals surface area contributed by atoms with Crippen LogP contribution in [-0.2, 0) is 21.0 Å². The summed E-state index contributed by atoms with van der Waals surface area (Å²) in [5.41, 5.74) is 3.53. The number of ether oxygens (including phenoxy) is 3. The fourth-order valence-electron chi connectivity index (χ4n) is 9.49. The lowest BCUT2D eigenvalue weighted by Crippen LogP contribution is -2.70. The fraction of sp³-hybridized carbons (Fsp3) is 0.489. The molecule has 12 heteroatoms. The Balaban J connectivity index is 1.42. The second kappa shape index (κ2) is 19.4. The molecule has 0 saturated heterocycles. The van der Waals surface area contributed by atoms with E-state index in [9.17, 15) is 25.1 Å². The Bertz CT molecular complexity index is 2000. The van der Waals surface area contributed by atoms with Crippen LogP contribution in [-0.4, -0.2) is 69.8 Å². The van der Waals surface area contributed by atoms with Gasteiger partial charge in [-0.2, -0.15) is 0 Å². The third-order valence-electron chi connectivity index (χ3n) is 12.2. The van der Waals surface area contributed by atoms with E-state index in [0.29, 0.717) is 43.1 Å². The lowest BCUT2D eigenvalue weighted by Gasteiger charge is -2.60.